The Labute approximate surface area is 266 Å². The number of allylic oxidation sites excluding steroid dienone is 1. The second-order valence-corrected chi connectivity index (χ2v) is 12.9. The molecule has 3 aliphatic rings. The highest BCUT2D eigenvalue weighted by Crippen LogP contribution is 2.35. The molecule has 0 unspecified atom stereocenters. The predicted molar refractivity (Wildman–Crippen MR) is 167 cm³/mol. The average molecular weight is 644 g/mol. The number of benzene rings is 1. The van der Waals surface area contributed by atoms with E-state index in [9.17, 15) is 24.2 Å². The lowest BCUT2D eigenvalue weighted by atomic mass is 9.77. The predicted octanol–water partition coefficient (Wildman–Crippen LogP) is 3.02. The van der Waals surface area contributed by atoms with E-state index in [0.717, 1.165) is 25.9 Å². The summed E-state index contributed by atoms with van der Waals surface area (Å²) in [6.07, 6.45) is 5.81. The van der Waals surface area contributed by atoms with Crippen LogP contribution in [0.25, 0.3) is 5.70 Å². The number of hydrogen-bond acceptors (Lipinski definition) is 11. The van der Waals surface area contributed by atoms with Crippen molar-refractivity contribution in [3.63, 3.8) is 0 Å². The van der Waals surface area contributed by atoms with Crippen molar-refractivity contribution < 1.29 is 28.9 Å². The summed E-state index contributed by atoms with van der Waals surface area (Å²) in [6, 6.07) is 6.08. The molecule has 45 heavy (non-hydrogen) atoms. The van der Waals surface area contributed by atoms with Gasteiger partial charge in [-0.2, -0.15) is 0 Å². The molecular formula is C31H39ClFN7O5. The number of rotatable bonds is 11. The Morgan fingerprint density at radius 1 is 1.11 bits per heavy atom. The second-order valence-electron chi connectivity index (χ2n) is 12.4. The molecule has 0 radical (unpaired) electrons. The molecular weight excluding hydrogens is 605 g/mol. The van der Waals surface area contributed by atoms with Crippen LogP contribution in [0.3, 0.4) is 0 Å². The second kappa shape index (κ2) is 14.1. The molecule has 2 aromatic rings. The Kier molecular flexibility index (Phi) is 10.2. The molecule has 1 amide bonds. The smallest absolute Gasteiger partial charge is 0.309 e. The van der Waals surface area contributed by atoms with Crippen LogP contribution in [0.2, 0.25) is 5.02 Å². The lowest BCUT2D eigenvalue weighted by Crippen LogP contribution is -2.51. The Morgan fingerprint density at radius 3 is 2.56 bits per heavy atom. The summed E-state index contributed by atoms with van der Waals surface area (Å²) in [4.78, 5) is 36.2. The molecule has 0 bridgehead atoms. The van der Waals surface area contributed by atoms with Gasteiger partial charge in [0.05, 0.1) is 42.8 Å². The van der Waals surface area contributed by atoms with Crippen LogP contribution in [0.15, 0.2) is 48.1 Å². The summed E-state index contributed by atoms with van der Waals surface area (Å²) >= 11 is 6.06. The highest BCUT2D eigenvalue weighted by molar-refractivity contribution is 6.30. The Bertz CT molecular complexity index is 1470. The number of hydrazine groups is 1. The third-order valence-electron chi connectivity index (χ3n) is 8.42. The summed E-state index contributed by atoms with van der Waals surface area (Å²) in [5, 5.41) is 25.5. The van der Waals surface area contributed by atoms with E-state index in [1.165, 1.54) is 24.5 Å². The van der Waals surface area contributed by atoms with Gasteiger partial charge in [-0.25, -0.2) is 14.4 Å². The van der Waals surface area contributed by atoms with Crippen molar-refractivity contribution in [1.29, 1.82) is 0 Å². The summed E-state index contributed by atoms with van der Waals surface area (Å²) in [7, 11) is 0. The number of piperidine rings is 1. The fourth-order valence-corrected chi connectivity index (χ4v) is 5.63. The SMILES string of the molecule is CC(C)(CO)COC(=O)C1CCN(C2CC(C(=O)Nc3cc(NC4=C(CO)NNC(c5cc(Cl)ccc5F)=C4)ncn3)C2)CC1. The third-order valence-corrected chi connectivity index (χ3v) is 8.65. The maximum absolute atomic E-state index is 14.5. The first-order chi connectivity index (χ1) is 21.5. The molecule has 1 aromatic heterocycles. The zero-order chi connectivity index (χ0) is 32.1. The molecule has 242 valence electrons. The number of likely N-dealkylation sites (tertiary alicyclic amines) is 1. The Morgan fingerprint density at radius 2 is 1.84 bits per heavy atom. The first-order valence-corrected chi connectivity index (χ1v) is 15.4. The molecule has 6 N–H and O–H groups in total. The summed E-state index contributed by atoms with van der Waals surface area (Å²) in [6.45, 7) is 5.08. The van der Waals surface area contributed by atoms with Gasteiger partial charge in [0.15, 0.2) is 0 Å². The number of amides is 1. The fraction of sp³-hybridized carbons (Fsp3) is 0.484. The molecule has 0 atom stereocenters. The maximum atomic E-state index is 14.5. The van der Waals surface area contributed by atoms with Gasteiger partial charge in [0.25, 0.3) is 0 Å². The molecule has 3 heterocycles. The summed E-state index contributed by atoms with van der Waals surface area (Å²) in [5.41, 5.74) is 6.74. The molecule has 1 aliphatic carbocycles. The van der Waals surface area contributed by atoms with E-state index in [-0.39, 0.29) is 55.1 Å². The number of aliphatic hydroxyl groups excluding tert-OH is 2. The van der Waals surface area contributed by atoms with Crippen LogP contribution >= 0.6 is 11.6 Å². The average Bonchev–Trinajstić information content (AvgIpc) is 3.01. The maximum Gasteiger partial charge on any atom is 0.309 e. The van der Waals surface area contributed by atoms with Gasteiger partial charge in [-0.05, 0) is 63.0 Å². The van der Waals surface area contributed by atoms with Crippen LogP contribution in [0.1, 0.15) is 45.1 Å². The summed E-state index contributed by atoms with van der Waals surface area (Å²) in [5.74, 6) is -0.408. The number of nitrogens with one attached hydrogen (secondary N) is 4. The minimum atomic E-state index is -0.472. The standard InChI is InChI=1S/C31H39ClFN7O5/c1-31(2,15-42)16-45-30(44)18-5-7-40(8-6-18)21-9-19(10-21)29(43)37-28-13-27(34-17-35-28)36-25-12-24(38-39-26(25)14-41)22-11-20(32)3-4-23(22)33/h3-4,11-13,17-19,21,38-39,41-42H,5-10,14-16H2,1-2H3,(H2,34,35,36,37,43). The van der Waals surface area contributed by atoms with Crippen molar-refractivity contribution in [2.24, 2.45) is 17.3 Å². The largest absolute Gasteiger partial charge is 0.465 e. The van der Waals surface area contributed by atoms with Crippen LogP contribution in [0, 0.1) is 23.1 Å². The minimum Gasteiger partial charge on any atom is -0.465 e. The molecule has 2 aliphatic heterocycles. The van der Waals surface area contributed by atoms with E-state index in [4.69, 9.17) is 16.3 Å². The number of esters is 1. The number of carbonyl (C=O) groups excluding carboxylic acids is 2. The molecule has 14 heteroatoms. The van der Waals surface area contributed by atoms with Crippen molar-refractivity contribution in [2.45, 2.75) is 45.6 Å². The Balaban J connectivity index is 1.12. The monoisotopic (exact) mass is 643 g/mol. The first kappa shape index (κ1) is 32.6. The van der Waals surface area contributed by atoms with Gasteiger partial charge < -0.3 is 41.3 Å². The number of ether oxygens (including phenoxy) is 1. The number of hydrogen-bond donors (Lipinski definition) is 6. The number of nitrogens with zero attached hydrogens (tertiary/aromatic N) is 3. The van der Waals surface area contributed by atoms with Gasteiger partial charge in [0.1, 0.15) is 23.8 Å². The van der Waals surface area contributed by atoms with E-state index < -0.39 is 11.2 Å². The van der Waals surface area contributed by atoms with Gasteiger partial charge in [-0.1, -0.05) is 25.4 Å². The van der Waals surface area contributed by atoms with E-state index in [0.29, 0.717) is 46.6 Å². The zero-order valence-corrected chi connectivity index (χ0v) is 26.0. The number of aromatic nitrogens is 2. The number of halogens is 2. The van der Waals surface area contributed by atoms with Gasteiger partial charge in [-0.3, -0.25) is 9.59 Å². The van der Waals surface area contributed by atoms with Crippen molar-refractivity contribution >= 4 is 40.8 Å². The van der Waals surface area contributed by atoms with Crippen LogP contribution in [-0.2, 0) is 14.3 Å². The minimum absolute atomic E-state index is 0.0447. The fourth-order valence-electron chi connectivity index (χ4n) is 5.45. The molecule has 1 saturated carbocycles. The van der Waals surface area contributed by atoms with Gasteiger partial charge >= 0.3 is 5.97 Å². The van der Waals surface area contributed by atoms with Crippen molar-refractivity contribution in [3.05, 3.63) is 64.5 Å². The van der Waals surface area contributed by atoms with Crippen LogP contribution in [-0.4, -0.2) is 75.9 Å². The number of carbonyl (C=O) groups is 2. The number of aliphatic hydroxyl groups is 2. The first-order valence-electron chi connectivity index (χ1n) is 15.0. The van der Waals surface area contributed by atoms with Crippen LogP contribution < -0.4 is 21.5 Å². The Hall–Kier alpha value is -3.78. The van der Waals surface area contributed by atoms with E-state index in [2.05, 4.69) is 36.4 Å². The van der Waals surface area contributed by atoms with Crippen molar-refractivity contribution in [2.75, 3.05) is 43.5 Å². The summed E-state index contributed by atoms with van der Waals surface area (Å²) < 4.78 is 19.9. The lowest BCUT2D eigenvalue weighted by molar-refractivity contribution is -0.154. The van der Waals surface area contributed by atoms with E-state index in [1.807, 2.05) is 13.8 Å². The van der Waals surface area contributed by atoms with E-state index >= 15 is 0 Å². The quantitative estimate of drug-likeness (QED) is 0.200. The molecule has 2 fully saturated rings. The van der Waals surface area contributed by atoms with Gasteiger partial charge in [0.2, 0.25) is 5.91 Å². The normalized spacial score (nSPS) is 20.8. The third kappa shape index (κ3) is 8.09. The topological polar surface area (TPSA) is 161 Å². The van der Waals surface area contributed by atoms with Crippen molar-refractivity contribution in [3.8, 4) is 0 Å². The zero-order valence-electron chi connectivity index (χ0n) is 25.3. The molecule has 5 rings (SSSR count). The van der Waals surface area contributed by atoms with Crippen molar-refractivity contribution in [1.82, 2.24) is 25.7 Å². The van der Waals surface area contributed by atoms with Gasteiger partial charge in [0, 0.05) is 34.0 Å². The molecule has 0 spiro atoms. The molecule has 12 nitrogen and oxygen atoms in total. The lowest BCUT2D eigenvalue weighted by Gasteiger charge is -2.44. The highest BCUT2D eigenvalue weighted by atomic mass is 35.5. The van der Waals surface area contributed by atoms with Gasteiger partial charge in [-0.15, -0.1) is 0 Å². The number of anilines is 2. The highest BCUT2D eigenvalue weighted by Gasteiger charge is 2.40. The molecule has 1 aromatic carbocycles. The van der Waals surface area contributed by atoms with E-state index in [1.54, 1.807) is 12.1 Å². The molecule has 1 saturated heterocycles. The van der Waals surface area contributed by atoms with Crippen LogP contribution in [0.5, 0.6) is 0 Å². The van der Waals surface area contributed by atoms with Crippen LogP contribution in [0.4, 0.5) is 16.0 Å².